The molecule has 0 saturated heterocycles. The number of thiazole rings is 1. The molecule has 160 valence electrons. The molecule has 0 fully saturated rings. The van der Waals surface area contributed by atoms with Crippen LogP contribution in [0.3, 0.4) is 0 Å². The quantitative estimate of drug-likeness (QED) is 0.612. The maximum atomic E-state index is 13.2. The van der Waals surface area contributed by atoms with E-state index in [-0.39, 0.29) is 23.8 Å². The van der Waals surface area contributed by atoms with Crippen molar-refractivity contribution in [2.75, 3.05) is 11.4 Å². The van der Waals surface area contributed by atoms with Crippen molar-refractivity contribution in [3.63, 3.8) is 0 Å². The summed E-state index contributed by atoms with van der Waals surface area (Å²) < 4.78 is 2.47. The van der Waals surface area contributed by atoms with Crippen molar-refractivity contribution in [3.05, 3.63) is 71.8 Å². The number of anilines is 1. The number of amides is 1. The average molecular weight is 453 g/mol. The first-order chi connectivity index (χ1) is 14.7. The predicted molar refractivity (Wildman–Crippen MR) is 127 cm³/mol. The summed E-state index contributed by atoms with van der Waals surface area (Å²) >= 11 is 2.79. The molecule has 0 bridgehead atoms. The Labute approximate surface area is 188 Å². The zero-order valence-electron chi connectivity index (χ0n) is 17.8. The number of hydrogen-bond acceptors (Lipinski definition) is 5. The molecule has 1 amide bonds. The van der Waals surface area contributed by atoms with Gasteiger partial charge in [0, 0.05) is 28.6 Å². The maximum Gasteiger partial charge on any atom is 0.269 e. The fourth-order valence-electron chi connectivity index (χ4n) is 3.44. The van der Waals surface area contributed by atoms with Gasteiger partial charge in [0.05, 0.1) is 4.53 Å². The van der Waals surface area contributed by atoms with Crippen LogP contribution in [0.25, 0.3) is 12.2 Å². The summed E-state index contributed by atoms with van der Waals surface area (Å²) in [7, 11) is 0. The number of carbonyl (C=O) groups is 2. The largest absolute Gasteiger partial charge is 0.310 e. The van der Waals surface area contributed by atoms with Gasteiger partial charge in [-0.1, -0.05) is 45.0 Å². The standard InChI is InChI=1S/C24H24N2O3S2/c1-24(2,3)20(27)14-22-26(23(29)19(31-22)13-17-8-6-12-30-17)15-21(28)25-11-10-16-7-4-5-9-18(16)25/h4-9,12-14H,10-11,15H2,1-3H3. The topological polar surface area (TPSA) is 59.4 Å². The monoisotopic (exact) mass is 452 g/mol. The number of ketones is 1. The number of fused-ring (bicyclic) bond motifs is 1. The van der Waals surface area contributed by atoms with Crippen LogP contribution >= 0.6 is 22.7 Å². The van der Waals surface area contributed by atoms with Gasteiger partial charge in [-0.15, -0.1) is 22.7 Å². The average Bonchev–Trinajstić information content (AvgIpc) is 3.44. The number of para-hydroxylation sites is 1. The van der Waals surface area contributed by atoms with Crippen LogP contribution in [0, 0.1) is 5.41 Å². The fraction of sp³-hybridized carbons (Fsp3) is 0.292. The minimum atomic E-state index is -0.569. The first-order valence-electron chi connectivity index (χ1n) is 10.1. The summed E-state index contributed by atoms with van der Waals surface area (Å²) in [6.45, 7) is 6.03. The van der Waals surface area contributed by atoms with E-state index in [9.17, 15) is 14.4 Å². The molecular formula is C24H24N2O3S2. The van der Waals surface area contributed by atoms with Gasteiger partial charge >= 0.3 is 0 Å². The summed E-state index contributed by atoms with van der Waals surface area (Å²) in [5.74, 6) is -0.227. The van der Waals surface area contributed by atoms with Gasteiger partial charge < -0.3 is 4.90 Å². The number of carbonyl (C=O) groups excluding carboxylic acids is 2. The molecule has 7 heteroatoms. The lowest BCUT2D eigenvalue weighted by molar-refractivity contribution is -0.120. The van der Waals surface area contributed by atoms with Crippen LogP contribution in [0.4, 0.5) is 5.69 Å². The first-order valence-corrected chi connectivity index (χ1v) is 11.8. The molecule has 0 radical (unpaired) electrons. The van der Waals surface area contributed by atoms with Crippen LogP contribution in [0.5, 0.6) is 0 Å². The number of nitrogens with zero attached hydrogens (tertiary/aromatic N) is 2. The lowest BCUT2D eigenvalue weighted by Gasteiger charge is -2.17. The van der Waals surface area contributed by atoms with E-state index in [1.165, 1.54) is 33.3 Å². The van der Waals surface area contributed by atoms with Crippen molar-refractivity contribution in [3.8, 4) is 0 Å². The van der Waals surface area contributed by atoms with Crippen LogP contribution in [-0.4, -0.2) is 22.8 Å². The Bertz CT molecular complexity index is 1310. The SMILES string of the molecule is CC(C)(C)C(=O)C=c1sc(=Cc2cccs2)c(=O)n1CC(=O)N1CCc2ccccc21. The Morgan fingerprint density at radius 3 is 2.61 bits per heavy atom. The molecule has 0 saturated carbocycles. The number of aromatic nitrogens is 1. The smallest absolute Gasteiger partial charge is 0.269 e. The summed E-state index contributed by atoms with van der Waals surface area (Å²) in [5.41, 5.74) is 1.22. The highest BCUT2D eigenvalue weighted by atomic mass is 32.1. The highest BCUT2D eigenvalue weighted by Crippen LogP contribution is 2.27. The van der Waals surface area contributed by atoms with Crippen molar-refractivity contribution in [1.82, 2.24) is 4.57 Å². The highest BCUT2D eigenvalue weighted by Gasteiger charge is 2.25. The molecule has 0 N–H and O–H groups in total. The van der Waals surface area contributed by atoms with Crippen molar-refractivity contribution in [2.45, 2.75) is 33.7 Å². The minimum Gasteiger partial charge on any atom is -0.310 e. The molecule has 0 spiro atoms. The van der Waals surface area contributed by atoms with Crippen LogP contribution in [0.15, 0.2) is 46.6 Å². The van der Waals surface area contributed by atoms with Gasteiger partial charge in [0.2, 0.25) is 5.91 Å². The van der Waals surface area contributed by atoms with E-state index in [1.54, 1.807) is 4.90 Å². The summed E-state index contributed by atoms with van der Waals surface area (Å²) in [6, 6.07) is 11.7. The van der Waals surface area contributed by atoms with Gasteiger partial charge in [-0.05, 0) is 35.6 Å². The molecule has 0 atom stereocenters. The first kappa shape index (κ1) is 21.5. The maximum absolute atomic E-state index is 13.2. The zero-order chi connectivity index (χ0) is 22.2. The van der Waals surface area contributed by atoms with E-state index >= 15 is 0 Å². The number of benzene rings is 1. The van der Waals surface area contributed by atoms with Crippen LogP contribution in [0.2, 0.25) is 0 Å². The van der Waals surface area contributed by atoms with Gasteiger partial charge in [0.15, 0.2) is 5.78 Å². The molecule has 0 aliphatic carbocycles. The molecule has 4 rings (SSSR count). The number of thiophene rings is 1. The Balaban J connectivity index is 1.77. The molecule has 31 heavy (non-hydrogen) atoms. The second kappa shape index (κ2) is 8.40. The van der Waals surface area contributed by atoms with E-state index in [0.29, 0.717) is 15.7 Å². The van der Waals surface area contributed by atoms with E-state index in [0.717, 1.165) is 22.5 Å². The van der Waals surface area contributed by atoms with Gasteiger partial charge in [-0.3, -0.25) is 19.0 Å². The van der Waals surface area contributed by atoms with Crippen molar-refractivity contribution in [2.24, 2.45) is 5.41 Å². The Hall–Kier alpha value is -2.77. The molecule has 2 aromatic heterocycles. The second-order valence-corrected chi connectivity index (χ2v) is 10.6. The van der Waals surface area contributed by atoms with Crippen LogP contribution in [-0.2, 0) is 22.6 Å². The summed E-state index contributed by atoms with van der Waals surface area (Å²) in [4.78, 5) is 41.7. The van der Waals surface area contributed by atoms with E-state index in [1.807, 2.05) is 68.6 Å². The lowest BCUT2D eigenvalue weighted by atomic mass is 9.91. The second-order valence-electron chi connectivity index (χ2n) is 8.54. The van der Waals surface area contributed by atoms with E-state index in [4.69, 9.17) is 0 Å². The summed E-state index contributed by atoms with van der Waals surface area (Å²) in [5, 5.41) is 1.95. The van der Waals surface area contributed by atoms with E-state index < -0.39 is 5.41 Å². The third-order valence-electron chi connectivity index (χ3n) is 5.23. The minimum absolute atomic E-state index is 0.0795. The Kier molecular flexibility index (Phi) is 5.81. The Morgan fingerprint density at radius 1 is 1.13 bits per heavy atom. The van der Waals surface area contributed by atoms with Crippen molar-refractivity contribution >= 4 is 52.2 Å². The molecule has 3 aromatic rings. The molecule has 1 aliphatic heterocycles. The third-order valence-corrected chi connectivity index (χ3v) is 7.11. The number of Topliss-reactive ketones (excluding diaryl/α,β-unsaturated/α-hetero) is 1. The van der Waals surface area contributed by atoms with Crippen LogP contribution < -0.4 is 19.7 Å². The van der Waals surface area contributed by atoms with E-state index in [2.05, 4.69) is 0 Å². The Morgan fingerprint density at radius 2 is 1.90 bits per heavy atom. The number of hydrogen-bond donors (Lipinski definition) is 0. The van der Waals surface area contributed by atoms with Gasteiger partial charge in [0.25, 0.3) is 5.56 Å². The molecule has 3 heterocycles. The number of rotatable bonds is 4. The molecule has 1 aromatic carbocycles. The van der Waals surface area contributed by atoms with Gasteiger partial charge in [-0.25, -0.2) is 0 Å². The van der Waals surface area contributed by atoms with Crippen LogP contribution in [0.1, 0.15) is 31.2 Å². The molecule has 0 unspecified atom stereocenters. The fourth-order valence-corrected chi connectivity index (χ4v) is 5.21. The van der Waals surface area contributed by atoms with Crippen molar-refractivity contribution in [1.29, 1.82) is 0 Å². The molecular weight excluding hydrogens is 428 g/mol. The zero-order valence-corrected chi connectivity index (χ0v) is 19.4. The third kappa shape index (κ3) is 4.48. The molecule has 1 aliphatic rings. The predicted octanol–water partition coefficient (Wildman–Crippen LogP) is 2.79. The normalized spacial score (nSPS) is 14.9. The summed E-state index contributed by atoms with van der Waals surface area (Å²) in [6.07, 6.45) is 4.13. The highest BCUT2D eigenvalue weighted by molar-refractivity contribution is 7.11. The lowest BCUT2D eigenvalue weighted by Crippen LogP contribution is -2.40. The van der Waals surface area contributed by atoms with Gasteiger partial charge in [0.1, 0.15) is 11.2 Å². The molecule has 5 nitrogen and oxygen atoms in total. The van der Waals surface area contributed by atoms with Gasteiger partial charge in [-0.2, -0.15) is 0 Å². The van der Waals surface area contributed by atoms with Crippen molar-refractivity contribution < 1.29 is 9.59 Å².